The molecule has 3 rings (SSSR count). The molecule has 0 fully saturated rings. The lowest BCUT2D eigenvalue weighted by molar-refractivity contribution is 0.0663. The summed E-state index contributed by atoms with van der Waals surface area (Å²) in [5, 5.41) is 12.1. The molecule has 0 radical (unpaired) electrons. The number of anilines is 1. The Morgan fingerprint density at radius 1 is 1.04 bits per heavy atom. The molecule has 0 saturated heterocycles. The minimum Gasteiger partial charge on any atom is -0.475 e. The van der Waals surface area contributed by atoms with E-state index in [9.17, 15) is 9.59 Å². The Kier molecular flexibility index (Phi) is 5.33. The molecule has 0 aliphatic heterocycles. The van der Waals surface area contributed by atoms with Gasteiger partial charge in [-0.25, -0.2) is 4.79 Å². The molecule has 0 spiro atoms. The molecule has 27 heavy (non-hydrogen) atoms. The van der Waals surface area contributed by atoms with Gasteiger partial charge in [0.2, 0.25) is 5.76 Å². The van der Waals surface area contributed by atoms with Gasteiger partial charge in [-0.3, -0.25) is 4.79 Å². The van der Waals surface area contributed by atoms with Crippen molar-refractivity contribution in [2.75, 3.05) is 5.32 Å². The first-order valence-electron chi connectivity index (χ1n) is 8.39. The van der Waals surface area contributed by atoms with Crippen molar-refractivity contribution in [3.8, 4) is 11.3 Å². The zero-order chi connectivity index (χ0) is 19.6. The number of rotatable bonds is 5. The predicted octanol–water partition coefficient (Wildman–Crippen LogP) is 5.67. The fourth-order valence-corrected chi connectivity index (χ4v) is 2.76. The van der Waals surface area contributed by atoms with Crippen LogP contribution in [-0.2, 0) is 0 Å². The van der Waals surface area contributed by atoms with Crippen LogP contribution in [0.3, 0.4) is 0 Å². The Morgan fingerprint density at radius 2 is 1.74 bits per heavy atom. The molecule has 0 saturated carbocycles. The zero-order valence-corrected chi connectivity index (χ0v) is 15.6. The molecule has 0 bridgehead atoms. The minimum absolute atomic E-state index is 0.157. The van der Waals surface area contributed by atoms with Crippen molar-refractivity contribution in [3.63, 3.8) is 0 Å². The van der Waals surface area contributed by atoms with Crippen LogP contribution in [0.4, 0.5) is 5.69 Å². The number of carboxylic acids is 1. The third kappa shape index (κ3) is 4.20. The van der Waals surface area contributed by atoms with Crippen molar-refractivity contribution in [2.24, 2.45) is 0 Å². The third-order valence-electron chi connectivity index (χ3n) is 4.16. The van der Waals surface area contributed by atoms with E-state index in [1.165, 1.54) is 6.07 Å². The number of aromatic carboxylic acids is 1. The van der Waals surface area contributed by atoms with Crippen molar-refractivity contribution in [1.29, 1.82) is 0 Å². The standard InChI is InChI=1S/C21H18ClNO4/c1-12(2)13-3-5-14(6-4-13)20(24)23-17-11-15(7-8-16(17)22)18-9-10-19(27-18)21(25)26/h3-12H,1-2H3,(H,23,24)(H,25,26). The van der Waals surface area contributed by atoms with Crippen LogP contribution in [0.25, 0.3) is 11.3 Å². The van der Waals surface area contributed by atoms with Crippen molar-refractivity contribution in [3.05, 3.63) is 76.5 Å². The largest absolute Gasteiger partial charge is 0.475 e. The summed E-state index contributed by atoms with van der Waals surface area (Å²) in [5.41, 5.74) is 2.70. The van der Waals surface area contributed by atoms with Gasteiger partial charge in [0, 0.05) is 11.1 Å². The van der Waals surface area contributed by atoms with E-state index >= 15 is 0 Å². The topological polar surface area (TPSA) is 79.5 Å². The van der Waals surface area contributed by atoms with Crippen LogP contribution >= 0.6 is 11.6 Å². The Balaban J connectivity index is 1.83. The van der Waals surface area contributed by atoms with Crippen LogP contribution in [0.15, 0.2) is 59.0 Å². The fourth-order valence-electron chi connectivity index (χ4n) is 2.60. The van der Waals surface area contributed by atoms with Gasteiger partial charge in [0.15, 0.2) is 0 Å². The van der Waals surface area contributed by atoms with E-state index in [-0.39, 0.29) is 11.7 Å². The lowest BCUT2D eigenvalue weighted by Crippen LogP contribution is -2.12. The number of carboxylic acid groups (broad SMARTS) is 1. The average molecular weight is 384 g/mol. The van der Waals surface area contributed by atoms with E-state index < -0.39 is 5.97 Å². The molecule has 6 heteroatoms. The monoisotopic (exact) mass is 383 g/mol. The van der Waals surface area contributed by atoms with Crippen molar-refractivity contribution < 1.29 is 19.1 Å². The number of halogens is 1. The lowest BCUT2D eigenvalue weighted by atomic mass is 10.0. The van der Waals surface area contributed by atoms with Crippen LogP contribution in [0.1, 0.15) is 46.2 Å². The maximum atomic E-state index is 12.5. The quantitative estimate of drug-likeness (QED) is 0.594. The maximum Gasteiger partial charge on any atom is 0.371 e. The molecule has 0 aliphatic rings. The number of amides is 1. The second-order valence-electron chi connectivity index (χ2n) is 6.39. The van der Waals surface area contributed by atoms with Gasteiger partial charge in [0.25, 0.3) is 5.91 Å². The van der Waals surface area contributed by atoms with Gasteiger partial charge < -0.3 is 14.8 Å². The van der Waals surface area contributed by atoms with Gasteiger partial charge in [0.1, 0.15) is 5.76 Å². The van der Waals surface area contributed by atoms with Crippen LogP contribution in [0.5, 0.6) is 0 Å². The molecule has 138 valence electrons. The van der Waals surface area contributed by atoms with E-state index in [0.29, 0.717) is 33.5 Å². The SMILES string of the molecule is CC(C)c1ccc(C(=O)Nc2cc(-c3ccc(C(=O)O)o3)ccc2Cl)cc1. The third-order valence-corrected chi connectivity index (χ3v) is 4.48. The van der Waals surface area contributed by atoms with Gasteiger partial charge in [-0.05, 0) is 53.9 Å². The number of carbonyl (C=O) groups is 2. The molecule has 1 aromatic heterocycles. The van der Waals surface area contributed by atoms with Gasteiger partial charge >= 0.3 is 5.97 Å². The summed E-state index contributed by atoms with van der Waals surface area (Å²) in [6, 6.07) is 15.3. The van der Waals surface area contributed by atoms with Gasteiger partial charge in [-0.15, -0.1) is 0 Å². The summed E-state index contributed by atoms with van der Waals surface area (Å²) < 4.78 is 5.30. The zero-order valence-electron chi connectivity index (χ0n) is 14.8. The first kappa shape index (κ1) is 18.7. The van der Waals surface area contributed by atoms with Crippen LogP contribution < -0.4 is 5.32 Å². The Hall–Kier alpha value is -3.05. The maximum absolute atomic E-state index is 12.5. The van der Waals surface area contributed by atoms with Crippen LogP contribution in [0.2, 0.25) is 5.02 Å². The number of nitrogens with one attached hydrogen (secondary N) is 1. The predicted molar refractivity (Wildman–Crippen MR) is 105 cm³/mol. The lowest BCUT2D eigenvalue weighted by Gasteiger charge is -2.10. The summed E-state index contributed by atoms with van der Waals surface area (Å²) in [5.74, 6) is -0.822. The highest BCUT2D eigenvalue weighted by Gasteiger charge is 2.14. The minimum atomic E-state index is -1.14. The molecule has 1 heterocycles. The molecule has 1 amide bonds. The number of carbonyl (C=O) groups excluding carboxylic acids is 1. The first-order chi connectivity index (χ1) is 12.8. The highest BCUT2D eigenvalue weighted by atomic mass is 35.5. The van der Waals surface area contributed by atoms with E-state index in [1.54, 1.807) is 36.4 Å². The average Bonchev–Trinajstić information content (AvgIpc) is 3.14. The van der Waals surface area contributed by atoms with Crippen LogP contribution in [-0.4, -0.2) is 17.0 Å². The number of hydrogen-bond donors (Lipinski definition) is 2. The number of hydrogen-bond acceptors (Lipinski definition) is 3. The Bertz CT molecular complexity index is 990. The van der Waals surface area contributed by atoms with Crippen LogP contribution in [0, 0.1) is 0 Å². The second kappa shape index (κ2) is 7.68. The van der Waals surface area contributed by atoms with Gasteiger partial charge in [-0.1, -0.05) is 37.6 Å². The molecule has 0 unspecified atom stereocenters. The van der Waals surface area contributed by atoms with Gasteiger partial charge in [-0.2, -0.15) is 0 Å². The van der Waals surface area contributed by atoms with E-state index in [1.807, 2.05) is 12.1 Å². The summed E-state index contributed by atoms with van der Waals surface area (Å²) in [6.07, 6.45) is 0. The molecule has 2 N–H and O–H groups in total. The molecular formula is C21H18ClNO4. The molecule has 0 atom stereocenters. The molecule has 3 aromatic rings. The van der Waals surface area contributed by atoms with Crippen molar-refractivity contribution in [1.82, 2.24) is 0 Å². The number of benzene rings is 2. The summed E-state index contributed by atoms with van der Waals surface area (Å²) >= 11 is 6.20. The fraction of sp³-hybridized carbons (Fsp3) is 0.143. The highest BCUT2D eigenvalue weighted by Crippen LogP contribution is 2.30. The highest BCUT2D eigenvalue weighted by molar-refractivity contribution is 6.34. The Morgan fingerprint density at radius 3 is 2.33 bits per heavy atom. The first-order valence-corrected chi connectivity index (χ1v) is 8.77. The van der Waals surface area contributed by atoms with E-state index in [4.69, 9.17) is 21.1 Å². The molecule has 0 aliphatic carbocycles. The van der Waals surface area contributed by atoms with E-state index in [2.05, 4.69) is 19.2 Å². The second-order valence-corrected chi connectivity index (χ2v) is 6.80. The van der Waals surface area contributed by atoms with Crippen molar-refractivity contribution in [2.45, 2.75) is 19.8 Å². The van der Waals surface area contributed by atoms with E-state index in [0.717, 1.165) is 5.56 Å². The summed E-state index contributed by atoms with van der Waals surface area (Å²) in [7, 11) is 0. The smallest absolute Gasteiger partial charge is 0.371 e. The van der Waals surface area contributed by atoms with Gasteiger partial charge in [0.05, 0.1) is 10.7 Å². The summed E-state index contributed by atoms with van der Waals surface area (Å²) in [6.45, 7) is 4.18. The normalized spacial score (nSPS) is 10.8. The summed E-state index contributed by atoms with van der Waals surface area (Å²) in [4.78, 5) is 23.5. The molecule has 5 nitrogen and oxygen atoms in total. The van der Waals surface area contributed by atoms with Crippen molar-refractivity contribution >= 4 is 29.2 Å². The number of furan rings is 1. The molecular weight excluding hydrogens is 366 g/mol. The molecule has 2 aromatic carbocycles. The Labute approximate surface area is 161 Å².